The van der Waals surface area contributed by atoms with Crippen molar-refractivity contribution in [1.82, 2.24) is 4.90 Å². The standard InChI is InChI=1S/C11H16N4O2/c1-14-5-4-8(7-14)13-11-3-2-9(15(16)17)6-10(11)12/h2-3,6,8,13H,4-5,7,12H2,1H3. The van der Waals surface area contributed by atoms with Crippen molar-refractivity contribution < 1.29 is 4.92 Å². The second-order valence-corrected chi connectivity index (χ2v) is 4.42. The zero-order chi connectivity index (χ0) is 12.4. The highest BCUT2D eigenvalue weighted by Gasteiger charge is 2.20. The van der Waals surface area contributed by atoms with E-state index in [1.165, 1.54) is 12.1 Å². The maximum Gasteiger partial charge on any atom is 0.271 e. The molecular weight excluding hydrogens is 220 g/mol. The van der Waals surface area contributed by atoms with Gasteiger partial charge in [0.05, 0.1) is 16.3 Å². The third-order valence-corrected chi connectivity index (χ3v) is 3.00. The molecule has 1 aliphatic heterocycles. The first-order chi connectivity index (χ1) is 8.06. The summed E-state index contributed by atoms with van der Waals surface area (Å²) < 4.78 is 0. The lowest BCUT2D eigenvalue weighted by Crippen LogP contribution is -2.23. The molecule has 1 atom stereocenters. The van der Waals surface area contributed by atoms with Gasteiger partial charge in [-0.05, 0) is 26.1 Å². The number of nitrogens with zero attached hydrogens (tertiary/aromatic N) is 2. The number of anilines is 2. The number of nitrogens with one attached hydrogen (secondary N) is 1. The summed E-state index contributed by atoms with van der Waals surface area (Å²) in [7, 11) is 2.07. The number of benzene rings is 1. The highest BCUT2D eigenvalue weighted by Crippen LogP contribution is 2.25. The highest BCUT2D eigenvalue weighted by molar-refractivity contribution is 5.69. The summed E-state index contributed by atoms with van der Waals surface area (Å²) in [6.45, 7) is 2.03. The first-order valence-corrected chi connectivity index (χ1v) is 5.55. The van der Waals surface area contributed by atoms with Gasteiger partial charge in [0.25, 0.3) is 5.69 Å². The summed E-state index contributed by atoms with van der Waals surface area (Å²) in [5, 5.41) is 13.9. The number of rotatable bonds is 3. The molecule has 17 heavy (non-hydrogen) atoms. The number of non-ortho nitro benzene ring substituents is 1. The molecule has 6 heteroatoms. The van der Waals surface area contributed by atoms with Gasteiger partial charge in [-0.1, -0.05) is 0 Å². The molecule has 1 aromatic carbocycles. The molecule has 1 unspecified atom stereocenters. The van der Waals surface area contributed by atoms with E-state index < -0.39 is 4.92 Å². The van der Waals surface area contributed by atoms with Crippen molar-refractivity contribution in [3.63, 3.8) is 0 Å². The van der Waals surface area contributed by atoms with Gasteiger partial charge in [0, 0.05) is 24.7 Å². The summed E-state index contributed by atoms with van der Waals surface area (Å²) in [5.74, 6) is 0. The Morgan fingerprint density at radius 2 is 2.35 bits per heavy atom. The van der Waals surface area contributed by atoms with E-state index >= 15 is 0 Å². The lowest BCUT2D eigenvalue weighted by molar-refractivity contribution is -0.384. The zero-order valence-corrected chi connectivity index (χ0v) is 9.72. The van der Waals surface area contributed by atoms with Crippen molar-refractivity contribution in [2.24, 2.45) is 0 Å². The Morgan fingerprint density at radius 1 is 1.59 bits per heavy atom. The van der Waals surface area contributed by atoms with Crippen LogP contribution in [0.5, 0.6) is 0 Å². The van der Waals surface area contributed by atoms with Crippen LogP contribution in [-0.4, -0.2) is 36.0 Å². The van der Waals surface area contributed by atoms with Crippen molar-refractivity contribution in [3.05, 3.63) is 28.3 Å². The lowest BCUT2D eigenvalue weighted by atomic mass is 10.2. The zero-order valence-electron chi connectivity index (χ0n) is 9.72. The number of hydrogen-bond donors (Lipinski definition) is 2. The van der Waals surface area contributed by atoms with Crippen LogP contribution in [0.25, 0.3) is 0 Å². The number of nitro groups is 1. The molecule has 0 aromatic heterocycles. The average molecular weight is 236 g/mol. The molecule has 0 aliphatic carbocycles. The molecule has 6 nitrogen and oxygen atoms in total. The summed E-state index contributed by atoms with van der Waals surface area (Å²) in [6, 6.07) is 4.90. The molecule has 1 aromatic rings. The number of likely N-dealkylation sites (tertiary alicyclic amines) is 1. The summed E-state index contributed by atoms with van der Waals surface area (Å²) >= 11 is 0. The van der Waals surface area contributed by atoms with Gasteiger partial charge in [-0.2, -0.15) is 0 Å². The van der Waals surface area contributed by atoms with Crippen LogP contribution in [0.4, 0.5) is 17.1 Å². The van der Waals surface area contributed by atoms with Crippen molar-refractivity contribution in [2.45, 2.75) is 12.5 Å². The van der Waals surface area contributed by atoms with Crippen LogP contribution in [-0.2, 0) is 0 Å². The third kappa shape index (κ3) is 2.65. The van der Waals surface area contributed by atoms with E-state index in [0.717, 1.165) is 25.2 Å². The van der Waals surface area contributed by atoms with Gasteiger partial charge in [-0.15, -0.1) is 0 Å². The molecule has 0 spiro atoms. The number of nitrogens with two attached hydrogens (primary N) is 1. The first-order valence-electron chi connectivity index (χ1n) is 5.55. The number of nitrogen functional groups attached to an aromatic ring is 1. The summed E-state index contributed by atoms with van der Waals surface area (Å²) in [4.78, 5) is 12.4. The number of likely N-dealkylation sites (N-methyl/N-ethyl adjacent to an activating group) is 1. The number of hydrogen-bond acceptors (Lipinski definition) is 5. The fourth-order valence-corrected chi connectivity index (χ4v) is 2.07. The largest absolute Gasteiger partial charge is 0.397 e. The monoisotopic (exact) mass is 236 g/mol. The van der Waals surface area contributed by atoms with E-state index in [-0.39, 0.29) is 5.69 Å². The normalized spacial score (nSPS) is 20.4. The van der Waals surface area contributed by atoms with Gasteiger partial charge in [-0.25, -0.2) is 0 Å². The van der Waals surface area contributed by atoms with E-state index in [1.807, 2.05) is 0 Å². The molecule has 0 radical (unpaired) electrons. The molecule has 0 bridgehead atoms. The minimum atomic E-state index is -0.441. The third-order valence-electron chi connectivity index (χ3n) is 3.00. The van der Waals surface area contributed by atoms with Gasteiger partial charge in [0.15, 0.2) is 0 Å². The Balaban J connectivity index is 2.09. The predicted molar refractivity (Wildman–Crippen MR) is 67.0 cm³/mol. The van der Waals surface area contributed by atoms with Crippen molar-refractivity contribution >= 4 is 17.1 Å². The Bertz CT molecular complexity index is 435. The van der Waals surface area contributed by atoms with E-state index in [1.54, 1.807) is 6.07 Å². The molecule has 0 saturated carbocycles. The Kier molecular flexibility index (Phi) is 3.14. The van der Waals surface area contributed by atoms with Crippen molar-refractivity contribution in [3.8, 4) is 0 Å². The molecule has 1 fully saturated rings. The number of nitro benzene ring substituents is 1. The average Bonchev–Trinajstić information content (AvgIpc) is 2.67. The molecule has 1 aliphatic rings. The smallest absolute Gasteiger partial charge is 0.271 e. The first kappa shape index (κ1) is 11.7. The SMILES string of the molecule is CN1CCC(Nc2ccc([N+](=O)[O-])cc2N)C1. The Hall–Kier alpha value is -1.82. The maximum absolute atomic E-state index is 10.6. The maximum atomic E-state index is 10.6. The van der Waals surface area contributed by atoms with E-state index in [9.17, 15) is 10.1 Å². The van der Waals surface area contributed by atoms with Gasteiger partial charge >= 0.3 is 0 Å². The lowest BCUT2D eigenvalue weighted by Gasteiger charge is -2.15. The molecule has 1 heterocycles. The quantitative estimate of drug-likeness (QED) is 0.469. The van der Waals surface area contributed by atoms with Gasteiger partial charge in [0.2, 0.25) is 0 Å². The van der Waals surface area contributed by atoms with Gasteiger partial charge in [0.1, 0.15) is 0 Å². The molecule has 0 amide bonds. The Labute approximate surface area is 99.6 Å². The second kappa shape index (κ2) is 4.58. The van der Waals surface area contributed by atoms with Crippen LogP contribution in [0.2, 0.25) is 0 Å². The summed E-state index contributed by atoms with van der Waals surface area (Å²) in [5.41, 5.74) is 7.01. The molecule has 3 N–H and O–H groups in total. The van der Waals surface area contributed by atoms with Crippen LogP contribution < -0.4 is 11.1 Å². The van der Waals surface area contributed by atoms with Crippen LogP contribution in [0.15, 0.2) is 18.2 Å². The van der Waals surface area contributed by atoms with Gasteiger partial charge in [-0.3, -0.25) is 10.1 Å². The van der Waals surface area contributed by atoms with Crippen molar-refractivity contribution in [1.29, 1.82) is 0 Å². The Morgan fingerprint density at radius 3 is 2.88 bits per heavy atom. The highest BCUT2D eigenvalue weighted by atomic mass is 16.6. The topological polar surface area (TPSA) is 84.4 Å². The second-order valence-electron chi connectivity index (χ2n) is 4.42. The van der Waals surface area contributed by atoms with E-state index in [0.29, 0.717) is 11.7 Å². The van der Waals surface area contributed by atoms with Crippen LogP contribution >= 0.6 is 0 Å². The molecule has 1 saturated heterocycles. The minimum absolute atomic E-state index is 0.0246. The minimum Gasteiger partial charge on any atom is -0.397 e. The molecule has 2 rings (SSSR count). The van der Waals surface area contributed by atoms with Crippen LogP contribution in [0.1, 0.15) is 6.42 Å². The van der Waals surface area contributed by atoms with Crippen LogP contribution in [0.3, 0.4) is 0 Å². The van der Waals surface area contributed by atoms with Crippen LogP contribution in [0, 0.1) is 10.1 Å². The summed E-state index contributed by atoms with van der Waals surface area (Å²) in [6.07, 6.45) is 1.06. The molecular formula is C11H16N4O2. The fraction of sp³-hybridized carbons (Fsp3) is 0.455. The predicted octanol–water partition coefficient (Wildman–Crippen LogP) is 1.29. The molecule has 92 valence electrons. The van der Waals surface area contributed by atoms with Gasteiger partial charge < -0.3 is 16.0 Å². The fourth-order valence-electron chi connectivity index (χ4n) is 2.07. The van der Waals surface area contributed by atoms with E-state index in [4.69, 9.17) is 5.73 Å². The van der Waals surface area contributed by atoms with E-state index in [2.05, 4.69) is 17.3 Å². The van der Waals surface area contributed by atoms with Crippen molar-refractivity contribution in [2.75, 3.05) is 31.2 Å².